The minimum Gasteiger partial charge on any atom is -0.398 e. The lowest BCUT2D eigenvalue weighted by atomic mass is 10.2. The molecular weight excluding hydrogens is 360 g/mol. The Morgan fingerprint density at radius 1 is 1.40 bits per heavy atom. The van der Waals surface area contributed by atoms with Crippen LogP contribution in [0.15, 0.2) is 21.5 Å². The molecule has 0 amide bonds. The maximum atomic E-state index is 12.8. The van der Waals surface area contributed by atoms with Gasteiger partial charge in [-0.2, -0.15) is 16.1 Å². The summed E-state index contributed by atoms with van der Waals surface area (Å²) in [4.78, 5) is 0.306. The molecule has 0 bridgehead atoms. The van der Waals surface area contributed by atoms with E-state index in [1.54, 1.807) is 35.1 Å². The molecule has 0 aromatic heterocycles. The normalized spacial score (nSPS) is 20.0. The van der Waals surface area contributed by atoms with Crippen LogP contribution in [0.1, 0.15) is 19.4 Å². The second-order valence-corrected chi connectivity index (χ2v) is 10.1. The fraction of sp³-hybridized carbons (Fsp3) is 0.538. The van der Waals surface area contributed by atoms with E-state index in [2.05, 4.69) is 29.8 Å². The monoisotopic (exact) mass is 378 g/mol. The first-order valence-electron chi connectivity index (χ1n) is 6.33. The zero-order valence-corrected chi connectivity index (χ0v) is 15.0. The molecule has 7 heteroatoms. The molecule has 1 aromatic carbocycles. The van der Waals surface area contributed by atoms with Gasteiger partial charge in [-0.1, -0.05) is 0 Å². The maximum absolute atomic E-state index is 12.8. The van der Waals surface area contributed by atoms with Crippen LogP contribution in [0.3, 0.4) is 0 Å². The summed E-state index contributed by atoms with van der Waals surface area (Å²) in [5, 5.41) is 0. The molecule has 4 nitrogen and oxygen atoms in total. The van der Waals surface area contributed by atoms with Crippen molar-refractivity contribution in [3.05, 3.63) is 22.2 Å². The highest BCUT2D eigenvalue weighted by atomic mass is 79.9. The number of rotatable bonds is 2. The van der Waals surface area contributed by atoms with Crippen molar-refractivity contribution in [1.29, 1.82) is 0 Å². The summed E-state index contributed by atoms with van der Waals surface area (Å²) in [6.45, 7) is 7.01. The number of hydrogen-bond donors (Lipinski definition) is 1. The topological polar surface area (TPSA) is 63.4 Å². The third kappa shape index (κ3) is 3.16. The van der Waals surface area contributed by atoms with Crippen LogP contribution >= 0.6 is 27.7 Å². The minimum atomic E-state index is -3.48. The zero-order chi connectivity index (χ0) is 15.1. The van der Waals surface area contributed by atoms with Gasteiger partial charge in [0, 0.05) is 33.7 Å². The number of nitrogen functional groups attached to an aromatic ring is 1. The lowest BCUT2D eigenvalue weighted by Crippen LogP contribution is -2.46. The van der Waals surface area contributed by atoms with E-state index in [1.165, 1.54) is 0 Å². The molecule has 0 unspecified atom stereocenters. The quantitative estimate of drug-likeness (QED) is 0.803. The molecule has 1 aliphatic heterocycles. The van der Waals surface area contributed by atoms with Gasteiger partial charge in [-0.25, -0.2) is 8.42 Å². The molecule has 2 N–H and O–H groups in total. The zero-order valence-electron chi connectivity index (χ0n) is 11.8. The van der Waals surface area contributed by atoms with Crippen LogP contribution in [0.4, 0.5) is 5.69 Å². The van der Waals surface area contributed by atoms with Gasteiger partial charge in [-0.3, -0.25) is 0 Å². The first kappa shape index (κ1) is 16.1. The number of benzene rings is 1. The largest absolute Gasteiger partial charge is 0.398 e. The average molecular weight is 379 g/mol. The number of sulfonamides is 1. The van der Waals surface area contributed by atoms with E-state index < -0.39 is 10.0 Å². The van der Waals surface area contributed by atoms with Crippen LogP contribution in [0.25, 0.3) is 0 Å². The van der Waals surface area contributed by atoms with Gasteiger partial charge in [0.2, 0.25) is 10.0 Å². The molecular formula is C13H19BrN2O2S2. The fourth-order valence-corrected chi connectivity index (χ4v) is 5.87. The lowest BCUT2D eigenvalue weighted by Gasteiger charge is -2.36. The van der Waals surface area contributed by atoms with E-state index in [0.29, 0.717) is 29.2 Å². The summed E-state index contributed by atoms with van der Waals surface area (Å²) in [6.07, 6.45) is 0. The Bertz CT molecular complexity index is 630. The number of nitrogens with zero attached hydrogens (tertiary/aromatic N) is 1. The number of hydrogen-bond acceptors (Lipinski definition) is 4. The molecule has 0 saturated carbocycles. The summed E-state index contributed by atoms with van der Waals surface area (Å²) in [6, 6.07) is 3.30. The van der Waals surface area contributed by atoms with Gasteiger partial charge < -0.3 is 5.73 Å². The van der Waals surface area contributed by atoms with E-state index in [1.807, 2.05) is 0 Å². The Kier molecular flexibility index (Phi) is 4.45. The Hall–Kier alpha value is -0.240. The third-order valence-electron chi connectivity index (χ3n) is 3.30. The number of anilines is 1. The fourth-order valence-electron chi connectivity index (χ4n) is 2.26. The average Bonchev–Trinajstić information content (AvgIpc) is 2.32. The molecule has 1 fully saturated rings. The minimum absolute atomic E-state index is 0.0554. The van der Waals surface area contributed by atoms with Gasteiger partial charge in [0.05, 0.1) is 4.90 Å². The van der Waals surface area contributed by atoms with E-state index in [4.69, 9.17) is 5.73 Å². The number of halogens is 1. The van der Waals surface area contributed by atoms with Gasteiger partial charge >= 0.3 is 0 Å². The molecule has 1 aliphatic rings. The summed E-state index contributed by atoms with van der Waals surface area (Å²) >= 11 is 5.13. The summed E-state index contributed by atoms with van der Waals surface area (Å²) in [5.41, 5.74) is 6.99. The van der Waals surface area contributed by atoms with Crippen molar-refractivity contribution >= 4 is 43.4 Å². The second-order valence-electron chi connectivity index (χ2n) is 5.59. The molecule has 2 rings (SSSR count). The van der Waals surface area contributed by atoms with Crippen LogP contribution in [-0.2, 0) is 10.0 Å². The second kappa shape index (κ2) is 5.51. The van der Waals surface area contributed by atoms with E-state index in [9.17, 15) is 8.42 Å². The summed E-state index contributed by atoms with van der Waals surface area (Å²) in [7, 11) is -3.48. The summed E-state index contributed by atoms with van der Waals surface area (Å²) in [5.74, 6) is 0.817. The maximum Gasteiger partial charge on any atom is 0.243 e. The van der Waals surface area contributed by atoms with Crippen molar-refractivity contribution in [3.8, 4) is 0 Å². The number of nitrogens with two attached hydrogens (primary N) is 1. The standard InChI is InChI=1S/C13H19BrN2O2S2/c1-9-6-10(14)11(15)7-12(9)20(17,18)16-4-5-19-13(2,3)8-16/h6-7H,4-5,8,15H2,1-3H3. The predicted octanol–water partition coefficient (Wildman–Crippen LogP) is 2.86. The van der Waals surface area contributed by atoms with Crippen LogP contribution in [0.5, 0.6) is 0 Å². The Labute approximate surface area is 133 Å². The van der Waals surface area contributed by atoms with Crippen molar-refractivity contribution in [1.82, 2.24) is 4.31 Å². The van der Waals surface area contributed by atoms with Gasteiger partial charge in [-0.05, 0) is 54.4 Å². The number of aryl methyl sites for hydroxylation is 1. The third-order valence-corrected chi connectivity index (χ3v) is 7.27. The van der Waals surface area contributed by atoms with E-state index in [-0.39, 0.29) is 4.75 Å². The first-order chi connectivity index (χ1) is 9.13. The van der Waals surface area contributed by atoms with Crippen molar-refractivity contribution in [2.75, 3.05) is 24.6 Å². The molecule has 1 heterocycles. The van der Waals surface area contributed by atoms with Gasteiger partial charge in [-0.15, -0.1) is 0 Å². The molecule has 0 radical (unpaired) electrons. The van der Waals surface area contributed by atoms with Crippen LogP contribution in [0, 0.1) is 6.92 Å². The van der Waals surface area contributed by atoms with Crippen molar-refractivity contribution in [2.24, 2.45) is 0 Å². The van der Waals surface area contributed by atoms with Gasteiger partial charge in [0.1, 0.15) is 0 Å². The van der Waals surface area contributed by atoms with Crippen LogP contribution in [0.2, 0.25) is 0 Å². The van der Waals surface area contributed by atoms with Gasteiger partial charge in [0.25, 0.3) is 0 Å². The number of thioether (sulfide) groups is 1. The van der Waals surface area contributed by atoms with Crippen LogP contribution < -0.4 is 5.73 Å². The molecule has 20 heavy (non-hydrogen) atoms. The van der Waals surface area contributed by atoms with Crippen molar-refractivity contribution < 1.29 is 8.42 Å². The molecule has 1 saturated heterocycles. The highest BCUT2D eigenvalue weighted by Gasteiger charge is 2.35. The lowest BCUT2D eigenvalue weighted by molar-refractivity contribution is 0.387. The van der Waals surface area contributed by atoms with E-state index in [0.717, 1.165) is 10.2 Å². The molecule has 0 aliphatic carbocycles. The molecule has 1 aromatic rings. The first-order valence-corrected chi connectivity index (χ1v) is 9.55. The Balaban J connectivity index is 2.43. The van der Waals surface area contributed by atoms with Crippen molar-refractivity contribution in [3.63, 3.8) is 0 Å². The molecule has 0 atom stereocenters. The summed E-state index contributed by atoms with van der Waals surface area (Å²) < 4.78 is 27.8. The molecule has 0 spiro atoms. The Morgan fingerprint density at radius 2 is 2.05 bits per heavy atom. The van der Waals surface area contributed by atoms with E-state index >= 15 is 0 Å². The van der Waals surface area contributed by atoms with Crippen LogP contribution in [-0.4, -0.2) is 36.3 Å². The van der Waals surface area contributed by atoms with Gasteiger partial charge in [0.15, 0.2) is 0 Å². The predicted molar refractivity (Wildman–Crippen MR) is 88.6 cm³/mol. The SMILES string of the molecule is Cc1cc(Br)c(N)cc1S(=O)(=O)N1CCSC(C)(C)C1. The Morgan fingerprint density at radius 3 is 2.65 bits per heavy atom. The highest BCUT2D eigenvalue weighted by Crippen LogP contribution is 2.34. The smallest absolute Gasteiger partial charge is 0.243 e. The highest BCUT2D eigenvalue weighted by molar-refractivity contribution is 9.10. The molecule has 112 valence electrons. The van der Waals surface area contributed by atoms with Crippen molar-refractivity contribution in [2.45, 2.75) is 30.4 Å².